The van der Waals surface area contributed by atoms with Gasteiger partial charge in [0, 0.05) is 14.1 Å². The summed E-state index contributed by atoms with van der Waals surface area (Å²) >= 11 is 0. The van der Waals surface area contributed by atoms with Gasteiger partial charge in [-0.2, -0.15) is 4.72 Å². The van der Waals surface area contributed by atoms with Crippen LogP contribution >= 0.6 is 0 Å². The van der Waals surface area contributed by atoms with Crippen molar-refractivity contribution in [2.45, 2.75) is 17.9 Å². The first-order valence-electron chi connectivity index (χ1n) is 5.43. The highest BCUT2D eigenvalue weighted by molar-refractivity contribution is 7.89. The molecule has 0 heterocycles. The molecule has 0 saturated carbocycles. The molecule has 18 heavy (non-hydrogen) atoms. The van der Waals surface area contributed by atoms with E-state index >= 15 is 0 Å². The van der Waals surface area contributed by atoms with Gasteiger partial charge in [-0.05, 0) is 19.1 Å². The first kappa shape index (κ1) is 14.5. The Morgan fingerprint density at radius 2 is 1.83 bits per heavy atom. The average molecular weight is 271 g/mol. The van der Waals surface area contributed by atoms with Crippen LogP contribution in [-0.4, -0.2) is 34.5 Å². The summed E-state index contributed by atoms with van der Waals surface area (Å²) in [7, 11) is -0.642. The SMILES string of the molecule is CNC(=O)C(C)NS(=O)(=O)c1ccccc1NC. The molecule has 0 bridgehead atoms. The second kappa shape index (κ2) is 5.83. The Morgan fingerprint density at radius 3 is 2.39 bits per heavy atom. The minimum atomic E-state index is -3.73. The molecule has 0 aliphatic carbocycles. The van der Waals surface area contributed by atoms with E-state index in [0.717, 1.165) is 0 Å². The van der Waals surface area contributed by atoms with E-state index in [1.54, 1.807) is 25.2 Å². The van der Waals surface area contributed by atoms with Gasteiger partial charge in [0.1, 0.15) is 4.90 Å². The smallest absolute Gasteiger partial charge is 0.243 e. The molecule has 1 rings (SSSR count). The van der Waals surface area contributed by atoms with Gasteiger partial charge in [-0.15, -0.1) is 0 Å². The standard InChI is InChI=1S/C11H17N3O3S/c1-8(11(15)13-3)14-18(16,17)10-7-5-4-6-9(10)12-2/h4-8,12,14H,1-3H3,(H,13,15). The number of sulfonamides is 1. The van der Waals surface area contributed by atoms with E-state index in [1.165, 1.54) is 20.0 Å². The van der Waals surface area contributed by atoms with Crippen LogP contribution in [0.3, 0.4) is 0 Å². The number of benzene rings is 1. The topological polar surface area (TPSA) is 87.3 Å². The maximum absolute atomic E-state index is 12.1. The van der Waals surface area contributed by atoms with Crippen LogP contribution in [0.25, 0.3) is 0 Å². The van der Waals surface area contributed by atoms with Crippen molar-refractivity contribution in [3.05, 3.63) is 24.3 Å². The van der Waals surface area contributed by atoms with Gasteiger partial charge in [-0.3, -0.25) is 4.79 Å². The molecule has 0 spiro atoms. The number of carbonyl (C=O) groups excluding carboxylic acids is 1. The van der Waals surface area contributed by atoms with Gasteiger partial charge in [0.15, 0.2) is 0 Å². The largest absolute Gasteiger partial charge is 0.387 e. The summed E-state index contributed by atoms with van der Waals surface area (Å²) in [6, 6.07) is 5.65. The molecule has 1 aromatic carbocycles. The summed E-state index contributed by atoms with van der Waals surface area (Å²) in [4.78, 5) is 11.4. The lowest BCUT2D eigenvalue weighted by molar-refractivity contribution is -0.121. The molecule has 3 N–H and O–H groups in total. The molecule has 7 heteroatoms. The van der Waals surface area contributed by atoms with E-state index in [2.05, 4.69) is 15.4 Å². The summed E-state index contributed by atoms with van der Waals surface area (Å²) in [6.45, 7) is 1.48. The molecule has 1 amide bonds. The molecule has 1 atom stereocenters. The van der Waals surface area contributed by atoms with Gasteiger partial charge in [-0.1, -0.05) is 12.1 Å². The molecule has 0 aliphatic heterocycles. The molecule has 0 saturated heterocycles. The highest BCUT2D eigenvalue weighted by atomic mass is 32.2. The van der Waals surface area contributed by atoms with Crippen LogP contribution in [0.4, 0.5) is 5.69 Å². The molecule has 1 aromatic rings. The zero-order valence-electron chi connectivity index (χ0n) is 10.5. The third kappa shape index (κ3) is 3.21. The second-order valence-corrected chi connectivity index (χ2v) is 5.39. The number of carbonyl (C=O) groups is 1. The van der Waals surface area contributed by atoms with Gasteiger partial charge in [0.05, 0.1) is 11.7 Å². The van der Waals surface area contributed by atoms with Gasteiger partial charge >= 0.3 is 0 Å². The molecule has 6 nitrogen and oxygen atoms in total. The van der Waals surface area contributed by atoms with Gasteiger partial charge in [0.2, 0.25) is 15.9 Å². The number of rotatable bonds is 5. The Morgan fingerprint density at radius 1 is 1.22 bits per heavy atom. The molecule has 0 aromatic heterocycles. The van der Waals surface area contributed by atoms with Crippen molar-refractivity contribution in [1.82, 2.24) is 10.0 Å². The van der Waals surface area contributed by atoms with E-state index in [9.17, 15) is 13.2 Å². The van der Waals surface area contributed by atoms with Crippen molar-refractivity contribution in [2.75, 3.05) is 19.4 Å². The quantitative estimate of drug-likeness (QED) is 0.711. The second-order valence-electron chi connectivity index (χ2n) is 3.70. The van der Waals surface area contributed by atoms with Crippen LogP contribution in [0.15, 0.2) is 29.2 Å². The Hall–Kier alpha value is -1.60. The number of likely N-dealkylation sites (N-methyl/N-ethyl adjacent to an activating group) is 1. The number of hydrogen-bond donors (Lipinski definition) is 3. The van der Waals surface area contributed by atoms with Gasteiger partial charge < -0.3 is 10.6 Å². The molecular formula is C11H17N3O3S. The van der Waals surface area contributed by atoms with Crippen molar-refractivity contribution in [3.63, 3.8) is 0 Å². The fourth-order valence-electron chi connectivity index (χ4n) is 1.47. The van der Waals surface area contributed by atoms with E-state index in [1.807, 2.05) is 0 Å². The summed E-state index contributed by atoms with van der Waals surface area (Å²) in [5, 5.41) is 5.18. The summed E-state index contributed by atoms with van der Waals surface area (Å²) in [5.41, 5.74) is 0.481. The van der Waals surface area contributed by atoms with Crippen LogP contribution in [0, 0.1) is 0 Å². The van der Waals surface area contributed by atoms with Crippen molar-refractivity contribution in [1.29, 1.82) is 0 Å². The highest BCUT2D eigenvalue weighted by Crippen LogP contribution is 2.20. The molecular weight excluding hydrogens is 254 g/mol. The number of anilines is 1. The number of para-hydroxylation sites is 1. The predicted octanol–water partition coefficient (Wildman–Crippen LogP) is 0.141. The number of amides is 1. The zero-order chi connectivity index (χ0) is 13.8. The molecule has 0 radical (unpaired) electrons. The molecule has 0 aliphatic rings. The number of hydrogen-bond acceptors (Lipinski definition) is 4. The van der Waals surface area contributed by atoms with Crippen molar-refractivity contribution in [3.8, 4) is 0 Å². The summed E-state index contributed by atoms with van der Waals surface area (Å²) in [6.07, 6.45) is 0. The molecule has 1 unspecified atom stereocenters. The van der Waals surface area contributed by atoms with E-state index in [4.69, 9.17) is 0 Å². The Kier molecular flexibility index (Phi) is 4.69. The minimum Gasteiger partial charge on any atom is -0.387 e. The lowest BCUT2D eigenvalue weighted by Gasteiger charge is -2.15. The van der Waals surface area contributed by atoms with Crippen LogP contribution in [0.2, 0.25) is 0 Å². The van der Waals surface area contributed by atoms with E-state index in [0.29, 0.717) is 5.69 Å². The fraction of sp³-hybridized carbons (Fsp3) is 0.364. The van der Waals surface area contributed by atoms with Crippen LogP contribution < -0.4 is 15.4 Å². The average Bonchev–Trinajstić information content (AvgIpc) is 2.37. The van der Waals surface area contributed by atoms with Crippen molar-refractivity contribution < 1.29 is 13.2 Å². The minimum absolute atomic E-state index is 0.114. The maximum Gasteiger partial charge on any atom is 0.243 e. The zero-order valence-corrected chi connectivity index (χ0v) is 11.3. The normalized spacial score (nSPS) is 12.8. The predicted molar refractivity (Wildman–Crippen MR) is 69.8 cm³/mol. The lowest BCUT2D eigenvalue weighted by atomic mass is 10.3. The Bertz CT molecular complexity index is 528. The monoisotopic (exact) mass is 271 g/mol. The third-order valence-corrected chi connectivity index (χ3v) is 4.02. The fourth-order valence-corrected chi connectivity index (χ4v) is 2.89. The maximum atomic E-state index is 12.1. The van der Waals surface area contributed by atoms with Crippen molar-refractivity contribution >= 4 is 21.6 Å². The van der Waals surface area contributed by atoms with Gasteiger partial charge in [0.25, 0.3) is 0 Å². The summed E-state index contributed by atoms with van der Waals surface area (Å²) < 4.78 is 26.5. The van der Waals surface area contributed by atoms with Crippen LogP contribution in [0.5, 0.6) is 0 Å². The van der Waals surface area contributed by atoms with Crippen molar-refractivity contribution in [2.24, 2.45) is 0 Å². The molecule has 0 fully saturated rings. The first-order valence-corrected chi connectivity index (χ1v) is 6.91. The van der Waals surface area contributed by atoms with Gasteiger partial charge in [-0.25, -0.2) is 8.42 Å². The summed E-state index contributed by atoms with van der Waals surface area (Å²) in [5.74, 6) is -0.388. The Balaban J connectivity index is 3.03. The van der Waals surface area contributed by atoms with Crippen LogP contribution in [0.1, 0.15) is 6.92 Å². The lowest BCUT2D eigenvalue weighted by Crippen LogP contribution is -2.43. The van der Waals surface area contributed by atoms with Crippen LogP contribution in [-0.2, 0) is 14.8 Å². The Labute approximate surface area is 107 Å². The third-order valence-electron chi connectivity index (χ3n) is 2.42. The first-order chi connectivity index (χ1) is 8.42. The molecule has 100 valence electrons. The number of nitrogens with one attached hydrogen (secondary N) is 3. The highest BCUT2D eigenvalue weighted by Gasteiger charge is 2.23. The van der Waals surface area contributed by atoms with E-state index in [-0.39, 0.29) is 10.8 Å². The van der Waals surface area contributed by atoms with E-state index < -0.39 is 16.1 Å².